The fraction of sp³-hybridized carbons (Fsp3) is 0.188. The molecule has 2 N–H and O–H groups in total. The number of esters is 1. The summed E-state index contributed by atoms with van der Waals surface area (Å²) in [4.78, 5) is 27.3. The first-order chi connectivity index (χ1) is 11.5. The molecule has 0 amide bonds. The molecule has 0 fully saturated rings. The minimum Gasteiger partial charge on any atom is -0.478 e. The Morgan fingerprint density at radius 3 is 2.54 bits per heavy atom. The number of anilines is 1. The van der Waals surface area contributed by atoms with Gasteiger partial charge in [0.25, 0.3) is 0 Å². The maximum absolute atomic E-state index is 12.3. The number of aromatic carboxylic acids is 1. The highest BCUT2D eigenvalue weighted by molar-refractivity contribution is 6.31. The van der Waals surface area contributed by atoms with Gasteiger partial charge in [-0.25, -0.2) is 9.59 Å². The summed E-state index contributed by atoms with van der Waals surface area (Å²) < 4.78 is 5.07. The summed E-state index contributed by atoms with van der Waals surface area (Å²) in [6, 6.07) is 8.25. The topological polar surface area (TPSA) is 88.5 Å². The van der Waals surface area contributed by atoms with Gasteiger partial charge in [0.05, 0.1) is 22.2 Å². The van der Waals surface area contributed by atoms with Crippen molar-refractivity contribution < 1.29 is 19.4 Å². The first kappa shape index (κ1) is 18.0. The highest BCUT2D eigenvalue weighted by atomic mass is 35.5. The van der Waals surface area contributed by atoms with Gasteiger partial charge < -0.3 is 15.2 Å². The number of halogens is 2. The number of pyridine rings is 1. The zero-order chi connectivity index (χ0) is 17.5. The van der Waals surface area contributed by atoms with Crippen molar-refractivity contribution in [1.29, 1.82) is 0 Å². The lowest BCUT2D eigenvalue weighted by atomic mass is 10.1. The molecule has 1 unspecified atom stereocenters. The second kappa shape index (κ2) is 8.52. The Bertz CT molecular complexity index is 722. The number of nitrogens with zero attached hydrogens (tertiary/aromatic N) is 1. The van der Waals surface area contributed by atoms with E-state index in [0.717, 1.165) is 0 Å². The van der Waals surface area contributed by atoms with Crippen LogP contribution in [0.5, 0.6) is 0 Å². The summed E-state index contributed by atoms with van der Waals surface area (Å²) >= 11 is 11.7. The van der Waals surface area contributed by atoms with Crippen LogP contribution in [0.2, 0.25) is 5.02 Å². The number of hydrogen-bond acceptors (Lipinski definition) is 5. The largest absolute Gasteiger partial charge is 0.478 e. The van der Waals surface area contributed by atoms with Gasteiger partial charge in [0.2, 0.25) is 0 Å². The SMILES string of the molecule is O=C(O)c1ccc(NC(C(=O)OCCCl)c2ncccc2Cl)cc1. The predicted molar refractivity (Wildman–Crippen MR) is 90.7 cm³/mol. The maximum Gasteiger partial charge on any atom is 0.335 e. The van der Waals surface area contributed by atoms with Crippen molar-refractivity contribution in [2.75, 3.05) is 17.8 Å². The minimum atomic E-state index is -1.03. The van der Waals surface area contributed by atoms with E-state index >= 15 is 0 Å². The van der Waals surface area contributed by atoms with Gasteiger partial charge in [0.1, 0.15) is 6.61 Å². The van der Waals surface area contributed by atoms with E-state index in [1.165, 1.54) is 18.3 Å². The van der Waals surface area contributed by atoms with E-state index in [0.29, 0.717) is 16.4 Å². The lowest BCUT2D eigenvalue weighted by Gasteiger charge is -2.19. The summed E-state index contributed by atoms with van der Waals surface area (Å²) in [5.41, 5.74) is 0.966. The van der Waals surface area contributed by atoms with E-state index in [1.807, 2.05) is 0 Å². The van der Waals surface area contributed by atoms with Gasteiger partial charge in [-0.2, -0.15) is 0 Å². The van der Waals surface area contributed by atoms with Crippen molar-refractivity contribution in [3.8, 4) is 0 Å². The highest BCUT2D eigenvalue weighted by Gasteiger charge is 2.26. The van der Waals surface area contributed by atoms with E-state index in [-0.39, 0.29) is 18.1 Å². The van der Waals surface area contributed by atoms with E-state index in [4.69, 9.17) is 33.0 Å². The van der Waals surface area contributed by atoms with Crippen molar-refractivity contribution >= 4 is 40.8 Å². The molecule has 0 aliphatic heterocycles. The monoisotopic (exact) mass is 368 g/mol. The van der Waals surface area contributed by atoms with Crippen LogP contribution in [0.1, 0.15) is 22.1 Å². The van der Waals surface area contributed by atoms with Crippen LogP contribution in [0.3, 0.4) is 0 Å². The number of rotatable bonds is 7. The lowest BCUT2D eigenvalue weighted by molar-refractivity contribution is -0.144. The predicted octanol–water partition coefficient (Wildman–Crippen LogP) is 3.37. The molecule has 0 bridgehead atoms. The molecule has 0 aliphatic carbocycles. The third-order valence-electron chi connectivity index (χ3n) is 3.06. The standard InChI is InChI=1S/C16H14Cl2N2O4/c17-7-9-24-16(23)14(13-12(18)2-1-8-19-13)20-11-5-3-10(4-6-11)15(21)22/h1-6,8,14,20H,7,9H2,(H,21,22). The number of carbonyl (C=O) groups excluding carboxylic acids is 1. The molecule has 6 nitrogen and oxygen atoms in total. The Labute approximate surface area is 148 Å². The number of carbonyl (C=O) groups is 2. The molecule has 0 saturated heterocycles. The average molecular weight is 369 g/mol. The fourth-order valence-electron chi connectivity index (χ4n) is 1.95. The zero-order valence-electron chi connectivity index (χ0n) is 12.4. The van der Waals surface area contributed by atoms with Crippen LogP contribution in [0.25, 0.3) is 0 Å². The normalized spacial score (nSPS) is 11.6. The zero-order valence-corrected chi connectivity index (χ0v) is 13.9. The number of alkyl halides is 1. The molecule has 1 heterocycles. The fourth-order valence-corrected chi connectivity index (χ4v) is 2.26. The summed E-state index contributed by atoms with van der Waals surface area (Å²) in [6.45, 7) is 0.0565. The van der Waals surface area contributed by atoms with Gasteiger partial charge in [0, 0.05) is 11.9 Å². The molecule has 1 atom stereocenters. The Balaban J connectivity index is 2.27. The number of carboxylic acid groups (broad SMARTS) is 1. The van der Waals surface area contributed by atoms with E-state index in [9.17, 15) is 9.59 Å². The molecular weight excluding hydrogens is 355 g/mol. The molecule has 0 radical (unpaired) electrons. The molecular formula is C16H14Cl2N2O4. The first-order valence-electron chi connectivity index (χ1n) is 6.96. The molecule has 8 heteroatoms. The van der Waals surface area contributed by atoms with Crippen molar-refractivity contribution in [2.45, 2.75) is 6.04 Å². The van der Waals surface area contributed by atoms with E-state index in [1.54, 1.807) is 24.3 Å². The van der Waals surface area contributed by atoms with Gasteiger partial charge in [-0.1, -0.05) is 11.6 Å². The quantitative estimate of drug-likeness (QED) is 0.575. The van der Waals surface area contributed by atoms with Crippen LogP contribution in [0.15, 0.2) is 42.6 Å². The van der Waals surface area contributed by atoms with Gasteiger partial charge in [-0.3, -0.25) is 4.98 Å². The number of ether oxygens (including phenoxy) is 1. The molecule has 0 spiro atoms. The van der Waals surface area contributed by atoms with Crippen LogP contribution in [0.4, 0.5) is 5.69 Å². The average Bonchev–Trinajstić information content (AvgIpc) is 2.58. The second-order valence-electron chi connectivity index (χ2n) is 4.69. The smallest absolute Gasteiger partial charge is 0.335 e. The molecule has 0 aliphatic rings. The van der Waals surface area contributed by atoms with Crippen LogP contribution < -0.4 is 5.32 Å². The number of carboxylic acids is 1. The summed E-state index contributed by atoms with van der Waals surface area (Å²) in [6.07, 6.45) is 1.51. The Morgan fingerprint density at radius 2 is 1.96 bits per heavy atom. The number of benzene rings is 1. The van der Waals surface area contributed by atoms with Gasteiger partial charge in [0.15, 0.2) is 6.04 Å². The van der Waals surface area contributed by atoms with Crippen molar-refractivity contribution in [1.82, 2.24) is 4.98 Å². The molecule has 2 aromatic rings. The van der Waals surface area contributed by atoms with Crippen molar-refractivity contribution in [3.63, 3.8) is 0 Å². The summed E-state index contributed by atoms with van der Waals surface area (Å²) in [7, 11) is 0. The molecule has 2 rings (SSSR count). The molecule has 24 heavy (non-hydrogen) atoms. The number of hydrogen-bond donors (Lipinski definition) is 2. The molecule has 1 aromatic carbocycles. The first-order valence-corrected chi connectivity index (χ1v) is 7.87. The van der Waals surface area contributed by atoms with E-state index < -0.39 is 18.0 Å². The molecule has 1 aromatic heterocycles. The van der Waals surface area contributed by atoms with Crippen LogP contribution >= 0.6 is 23.2 Å². The Morgan fingerprint density at radius 1 is 1.25 bits per heavy atom. The van der Waals surface area contributed by atoms with Gasteiger partial charge >= 0.3 is 11.9 Å². The highest BCUT2D eigenvalue weighted by Crippen LogP contribution is 2.25. The molecule has 0 saturated carbocycles. The number of aromatic nitrogens is 1. The lowest BCUT2D eigenvalue weighted by Crippen LogP contribution is -2.25. The molecule has 126 valence electrons. The van der Waals surface area contributed by atoms with Crippen LogP contribution in [-0.4, -0.2) is 34.5 Å². The third kappa shape index (κ3) is 4.59. The summed E-state index contributed by atoms with van der Waals surface area (Å²) in [5.74, 6) is -1.45. The van der Waals surface area contributed by atoms with Gasteiger partial charge in [-0.05, 0) is 36.4 Å². The van der Waals surface area contributed by atoms with Crippen molar-refractivity contribution in [3.05, 3.63) is 58.9 Å². The second-order valence-corrected chi connectivity index (χ2v) is 5.47. The third-order valence-corrected chi connectivity index (χ3v) is 3.53. The van der Waals surface area contributed by atoms with Crippen LogP contribution in [0, 0.1) is 0 Å². The maximum atomic E-state index is 12.3. The van der Waals surface area contributed by atoms with Crippen molar-refractivity contribution in [2.24, 2.45) is 0 Å². The summed E-state index contributed by atoms with van der Waals surface area (Å²) in [5, 5.41) is 12.2. The Kier molecular flexibility index (Phi) is 6.40. The minimum absolute atomic E-state index is 0.0565. The van der Waals surface area contributed by atoms with Gasteiger partial charge in [-0.15, -0.1) is 11.6 Å². The van der Waals surface area contributed by atoms with E-state index in [2.05, 4.69) is 10.3 Å². The number of nitrogens with one attached hydrogen (secondary N) is 1. The Hall–Kier alpha value is -2.31. The van der Waals surface area contributed by atoms with Crippen LogP contribution in [-0.2, 0) is 9.53 Å².